The molecule has 0 N–H and O–H groups in total. The molecule has 0 amide bonds. The van der Waals surface area contributed by atoms with Crippen molar-refractivity contribution in [2.45, 2.75) is 6.92 Å². The van der Waals surface area contributed by atoms with Gasteiger partial charge in [0.05, 0.1) is 0 Å². The summed E-state index contributed by atoms with van der Waals surface area (Å²) >= 11 is 0. The second-order valence-electron chi connectivity index (χ2n) is 3.23. The molecule has 0 aliphatic carbocycles. The number of rotatable bonds is 2. The highest BCUT2D eigenvalue weighted by Gasteiger charge is 1.95. The SMILES string of the molecule is Cc1cccc(Oc2ccccc2)c1.Cl.Cl. The fourth-order valence-corrected chi connectivity index (χ4v) is 1.30. The molecule has 0 spiro atoms. The number of halogens is 2. The Morgan fingerprint density at radius 1 is 0.750 bits per heavy atom. The number of hydrogen-bond donors (Lipinski definition) is 0. The Morgan fingerprint density at radius 3 is 2.00 bits per heavy atom. The third-order valence-corrected chi connectivity index (χ3v) is 1.97. The molecule has 0 saturated carbocycles. The number of benzene rings is 2. The van der Waals surface area contributed by atoms with Crippen molar-refractivity contribution < 1.29 is 4.74 Å². The van der Waals surface area contributed by atoms with Crippen LogP contribution in [-0.2, 0) is 0 Å². The summed E-state index contributed by atoms with van der Waals surface area (Å²) in [5.41, 5.74) is 1.21. The minimum Gasteiger partial charge on any atom is -0.457 e. The minimum atomic E-state index is 0. The summed E-state index contributed by atoms with van der Waals surface area (Å²) in [6.07, 6.45) is 0. The molecule has 0 aliphatic heterocycles. The summed E-state index contributed by atoms with van der Waals surface area (Å²) in [5, 5.41) is 0. The normalized spacial score (nSPS) is 8.56. The molecular formula is C13H14Cl2O. The molecule has 0 aliphatic rings. The van der Waals surface area contributed by atoms with Crippen molar-refractivity contribution in [1.82, 2.24) is 0 Å². The molecule has 0 saturated heterocycles. The van der Waals surface area contributed by atoms with Crippen LogP contribution in [0.4, 0.5) is 0 Å². The lowest BCUT2D eigenvalue weighted by atomic mass is 10.2. The lowest BCUT2D eigenvalue weighted by molar-refractivity contribution is 0.482. The van der Waals surface area contributed by atoms with Gasteiger partial charge in [0.15, 0.2) is 0 Å². The van der Waals surface area contributed by atoms with Crippen molar-refractivity contribution in [1.29, 1.82) is 0 Å². The van der Waals surface area contributed by atoms with Gasteiger partial charge in [-0.1, -0.05) is 30.3 Å². The molecule has 0 atom stereocenters. The van der Waals surface area contributed by atoms with Crippen LogP contribution in [0.15, 0.2) is 54.6 Å². The molecule has 0 unspecified atom stereocenters. The first-order chi connectivity index (χ1) is 6.84. The molecule has 2 aromatic carbocycles. The Hall–Kier alpha value is -1.18. The smallest absolute Gasteiger partial charge is 0.127 e. The van der Waals surface area contributed by atoms with Crippen LogP contribution in [0.2, 0.25) is 0 Å². The van der Waals surface area contributed by atoms with E-state index in [4.69, 9.17) is 4.74 Å². The van der Waals surface area contributed by atoms with Gasteiger partial charge in [-0.3, -0.25) is 0 Å². The van der Waals surface area contributed by atoms with Gasteiger partial charge >= 0.3 is 0 Å². The zero-order valence-electron chi connectivity index (χ0n) is 8.92. The number of hydrogen-bond acceptors (Lipinski definition) is 1. The van der Waals surface area contributed by atoms with Crippen molar-refractivity contribution in [2.24, 2.45) is 0 Å². The molecule has 86 valence electrons. The van der Waals surface area contributed by atoms with Crippen molar-refractivity contribution in [3.63, 3.8) is 0 Å². The fourth-order valence-electron chi connectivity index (χ4n) is 1.30. The third-order valence-electron chi connectivity index (χ3n) is 1.97. The molecule has 3 heteroatoms. The van der Waals surface area contributed by atoms with E-state index in [0.717, 1.165) is 11.5 Å². The predicted molar refractivity (Wildman–Crippen MR) is 72.2 cm³/mol. The van der Waals surface area contributed by atoms with Crippen molar-refractivity contribution in [3.8, 4) is 11.5 Å². The van der Waals surface area contributed by atoms with E-state index in [9.17, 15) is 0 Å². The number of aryl methyl sites for hydroxylation is 1. The van der Waals surface area contributed by atoms with E-state index in [-0.39, 0.29) is 24.8 Å². The molecule has 0 fully saturated rings. The lowest BCUT2D eigenvalue weighted by Gasteiger charge is -2.05. The van der Waals surface area contributed by atoms with Crippen molar-refractivity contribution in [2.75, 3.05) is 0 Å². The predicted octanol–water partition coefficient (Wildman–Crippen LogP) is 4.63. The summed E-state index contributed by atoms with van der Waals surface area (Å²) in [6.45, 7) is 2.05. The van der Waals surface area contributed by atoms with Gasteiger partial charge in [-0.25, -0.2) is 0 Å². The first kappa shape index (κ1) is 14.8. The van der Waals surface area contributed by atoms with Gasteiger partial charge in [-0.2, -0.15) is 0 Å². The summed E-state index contributed by atoms with van der Waals surface area (Å²) in [7, 11) is 0. The number of para-hydroxylation sites is 1. The van der Waals surface area contributed by atoms with Crippen LogP contribution >= 0.6 is 24.8 Å². The molecule has 0 bridgehead atoms. The van der Waals surface area contributed by atoms with Crippen LogP contribution in [0, 0.1) is 6.92 Å². The summed E-state index contributed by atoms with van der Waals surface area (Å²) in [4.78, 5) is 0. The lowest BCUT2D eigenvalue weighted by Crippen LogP contribution is -1.83. The highest BCUT2D eigenvalue weighted by molar-refractivity contribution is 5.85. The summed E-state index contributed by atoms with van der Waals surface area (Å²) in [6, 6.07) is 17.8. The molecular weight excluding hydrogens is 243 g/mol. The first-order valence-electron chi connectivity index (χ1n) is 4.64. The minimum absolute atomic E-state index is 0. The summed E-state index contributed by atoms with van der Waals surface area (Å²) < 4.78 is 5.66. The van der Waals surface area contributed by atoms with Gasteiger partial charge in [0, 0.05) is 0 Å². The zero-order valence-corrected chi connectivity index (χ0v) is 10.6. The van der Waals surface area contributed by atoms with E-state index < -0.39 is 0 Å². The fraction of sp³-hybridized carbons (Fsp3) is 0.0769. The standard InChI is InChI=1S/C13H12O.2ClH/c1-11-6-5-9-13(10-11)14-12-7-3-2-4-8-12;;/h2-10H,1H3;2*1H. The Morgan fingerprint density at radius 2 is 1.38 bits per heavy atom. The molecule has 0 aromatic heterocycles. The van der Waals surface area contributed by atoms with Crippen LogP contribution in [-0.4, -0.2) is 0 Å². The maximum atomic E-state index is 5.66. The van der Waals surface area contributed by atoms with Crippen LogP contribution in [0.1, 0.15) is 5.56 Å². The molecule has 2 rings (SSSR count). The van der Waals surface area contributed by atoms with E-state index >= 15 is 0 Å². The van der Waals surface area contributed by atoms with E-state index in [1.165, 1.54) is 5.56 Å². The second kappa shape index (κ2) is 7.15. The molecule has 0 radical (unpaired) electrons. The van der Waals surface area contributed by atoms with Crippen LogP contribution in [0.5, 0.6) is 11.5 Å². The quantitative estimate of drug-likeness (QED) is 0.762. The Bertz CT molecular complexity index is 415. The van der Waals surface area contributed by atoms with Crippen molar-refractivity contribution in [3.05, 3.63) is 60.2 Å². The highest BCUT2D eigenvalue weighted by Crippen LogP contribution is 2.21. The Balaban J connectivity index is 0.00000112. The maximum absolute atomic E-state index is 5.66. The first-order valence-corrected chi connectivity index (χ1v) is 4.64. The Kier molecular flexibility index (Phi) is 6.63. The van der Waals surface area contributed by atoms with Gasteiger partial charge < -0.3 is 4.74 Å². The van der Waals surface area contributed by atoms with Gasteiger partial charge in [0.25, 0.3) is 0 Å². The van der Waals surface area contributed by atoms with Crippen molar-refractivity contribution >= 4 is 24.8 Å². The largest absolute Gasteiger partial charge is 0.457 e. The van der Waals surface area contributed by atoms with Gasteiger partial charge in [-0.15, -0.1) is 24.8 Å². The third kappa shape index (κ3) is 4.13. The van der Waals surface area contributed by atoms with E-state index in [1.54, 1.807) is 0 Å². The van der Waals surface area contributed by atoms with E-state index in [1.807, 2.05) is 48.5 Å². The van der Waals surface area contributed by atoms with Gasteiger partial charge in [0.1, 0.15) is 11.5 Å². The second-order valence-corrected chi connectivity index (χ2v) is 3.23. The van der Waals surface area contributed by atoms with Gasteiger partial charge in [0.2, 0.25) is 0 Å². The molecule has 1 nitrogen and oxygen atoms in total. The van der Waals surface area contributed by atoms with Crippen LogP contribution < -0.4 is 4.74 Å². The Labute approximate surface area is 108 Å². The number of ether oxygens (including phenoxy) is 1. The maximum Gasteiger partial charge on any atom is 0.127 e. The highest BCUT2D eigenvalue weighted by atomic mass is 35.5. The molecule has 16 heavy (non-hydrogen) atoms. The monoisotopic (exact) mass is 256 g/mol. The van der Waals surface area contributed by atoms with Gasteiger partial charge in [-0.05, 0) is 36.8 Å². The zero-order chi connectivity index (χ0) is 9.80. The average Bonchev–Trinajstić information content (AvgIpc) is 2.19. The average molecular weight is 257 g/mol. The molecule has 0 heterocycles. The van der Waals surface area contributed by atoms with E-state index in [2.05, 4.69) is 13.0 Å². The molecule has 2 aromatic rings. The summed E-state index contributed by atoms with van der Waals surface area (Å²) in [5.74, 6) is 1.76. The van der Waals surface area contributed by atoms with Crippen LogP contribution in [0.3, 0.4) is 0 Å². The topological polar surface area (TPSA) is 9.23 Å². The van der Waals surface area contributed by atoms with Crippen LogP contribution in [0.25, 0.3) is 0 Å². The van der Waals surface area contributed by atoms with E-state index in [0.29, 0.717) is 0 Å².